The summed E-state index contributed by atoms with van der Waals surface area (Å²) in [6, 6.07) is 1.64. The van der Waals surface area contributed by atoms with Gasteiger partial charge in [-0.25, -0.2) is 0 Å². The summed E-state index contributed by atoms with van der Waals surface area (Å²) >= 11 is 5.78. The van der Waals surface area contributed by atoms with Crippen LogP contribution in [0.3, 0.4) is 0 Å². The summed E-state index contributed by atoms with van der Waals surface area (Å²) in [6.45, 7) is 3.83. The van der Waals surface area contributed by atoms with Crippen LogP contribution in [0.25, 0.3) is 0 Å². The van der Waals surface area contributed by atoms with Crippen LogP contribution in [-0.2, 0) is 0 Å². The van der Waals surface area contributed by atoms with Crippen LogP contribution in [0.4, 0.5) is 0 Å². The first kappa shape index (κ1) is 11.1. The summed E-state index contributed by atoms with van der Waals surface area (Å²) in [6.07, 6.45) is 2.91. The molecule has 3 nitrogen and oxygen atoms in total. The van der Waals surface area contributed by atoms with Crippen molar-refractivity contribution in [2.24, 2.45) is 0 Å². The maximum absolute atomic E-state index is 11.8. The number of amides is 1. The Bertz CT molecular complexity index is 306. The number of rotatable bonds is 3. The molecule has 1 aromatic rings. The monoisotopic (exact) mass is 215 g/mol. The van der Waals surface area contributed by atoms with Crippen molar-refractivity contribution < 1.29 is 9.21 Å². The first-order chi connectivity index (χ1) is 6.49. The Kier molecular flexibility index (Phi) is 3.21. The van der Waals surface area contributed by atoms with Gasteiger partial charge >= 0.3 is 0 Å². The van der Waals surface area contributed by atoms with Crippen molar-refractivity contribution in [3.05, 3.63) is 24.2 Å². The van der Waals surface area contributed by atoms with E-state index in [0.29, 0.717) is 11.4 Å². The van der Waals surface area contributed by atoms with Crippen LogP contribution in [0.1, 0.15) is 24.2 Å². The lowest BCUT2D eigenvalue weighted by Gasteiger charge is -2.33. The van der Waals surface area contributed by atoms with Gasteiger partial charge in [0.05, 0.1) is 17.4 Å². The van der Waals surface area contributed by atoms with Crippen LogP contribution in [0, 0.1) is 0 Å². The molecular formula is C10H14ClNO2. The molecule has 0 N–H and O–H groups in total. The fourth-order valence-corrected chi connectivity index (χ4v) is 1.12. The van der Waals surface area contributed by atoms with E-state index in [0.717, 1.165) is 0 Å². The normalized spacial score (nSPS) is 11.4. The summed E-state index contributed by atoms with van der Waals surface area (Å²) in [4.78, 5) is 13.4. The molecule has 0 bridgehead atoms. The molecule has 1 rings (SSSR count). The van der Waals surface area contributed by atoms with E-state index >= 15 is 0 Å². The second-order valence-electron chi connectivity index (χ2n) is 3.82. The summed E-state index contributed by atoms with van der Waals surface area (Å²) in [7, 11) is 1.73. The summed E-state index contributed by atoms with van der Waals surface area (Å²) in [5.41, 5.74) is 0.196. The molecule has 14 heavy (non-hydrogen) atoms. The third-order valence-electron chi connectivity index (χ3n) is 2.31. The molecule has 0 fully saturated rings. The van der Waals surface area contributed by atoms with Crippen LogP contribution < -0.4 is 0 Å². The van der Waals surface area contributed by atoms with E-state index in [2.05, 4.69) is 0 Å². The van der Waals surface area contributed by atoms with Crippen molar-refractivity contribution in [3.8, 4) is 0 Å². The molecule has 0 saturated heterocycles. The fraction of sp³-hybridized carbons (Fsp3) is 0.500. The first-order valence-corrected chi connectivity index (χ1v) is 4.89. The Balaban J connectivity index is 2.81. The van der Waals surface area contributed by atoms with Gasteiger partial charge in [0.2, 0.25) is 0 Å². The van der Waals surface area contributed by atoms with Crippen molar-refractivity contribution >= 4 is 17.5 Å². The summed E-state index contributed by atoms with van der Waals surface area (Å²) in [5.74, 6) is 0.317. The van der Waals surface area contributed by atoms with Crippen LogP contribution >= 0.6 is 11.6 Å². The van der Waals surface area contributed by atoms with Gasteiger partial charge in [-0.1, -0.05) is 0 Å². The Labute approximate surface area is 88.6 Å². The molecule has 0 spiro atoms. The molecule has 0 saturated carbocycles. The maximum Gasteiger partial charge on any atom is 0.257 e. The Morgan fingerprint density at radius 3 is 2.71 bits per heavy atom. The van der Waals surface area contributed by atoms with E-state index in [4.69, 9.17) is 16.0 Å². The molecule has 0 aliphatic rings. The van der Waals surface area contributed by atoms with Gasteiger partial charge in [-0.2, -0.15) is 0 Å². The van der Waals surface area contributed by atoms with Gasteiger partial charge in [-0.3, -0.25) is 4.79 Å². The van der Waals surface area contributed by atoms with Gasteiger partial charge in [0.15, 0.2) is 0 Å². The van der Waals surface area contributed by atoms with E-state index in [1.807, 2.05) is 13.8 Å². The van der Waals surface area contributed by atoms with E-state index in [-0.39, 0.29) is 11.4 Å². The minimum atomic E-state index is -0.351. The standard InChI is InChI=1S/C10H14ClNO2/c1-10(2,7-11)12(3)9(13)8-4-5-14-6-8/h4-6H,7H2,1-3H3. The van der Waals surface area contributed by atoms with Gasteiger partial charge in [0.1, 0.15) is 6.26 Å². The number of nitrogens with zero attached hydrogens (tertiary/aromatic N) is 1. The average molecular weight is 216 g/mol. The van der Waals surface area contributed by atoms with Crippen molar-refractivity contribution in [2.45, 2.75) is 19.4 Å². The zero-order valence-electron chi connectivity index (χ0n) is 8.58. The second-order valence-corrected chi connectivity index (χ2v) is 4.09. The number of alkyl halides is 1. The van der Waals surface area contributed by atoms with E-state index < -0.39 is 0 Å². The van der Waals surface area contributed by atoms with Gasteiger partial charge in [-0.05, 0) is 19.9 Å². The van der Waals surface area contributed by atoms with Crippen molar-refractivity contribution in [1.82, 2.24) is 4.90 Å². The van der Waals surface area contributed by atoms with Crippen LogP contribution in [-0.4, -0.2) is 29.3 Å². The van der Waals surface area contributed by atoms with E-state index in [1.54, 1.807) is 18.0 Å². The highest BCUT2D eigenvalue weighted by molar-refractivity contribution is 6.18. The molecule has 0 atom stereocenters. The number of carbonyl (C=O) groups is 1. The predicted molar refractivity (Wildman–Crippen MR) is 55.6 cm³/mol. The molecule has 0 radical (unpaired) electrons. The molecular weight excluding hydrogens is 202 g/mol. The third kappa shape index (κ3) is 2.10. The number of hydrogen-bond donors (Lipinski definition) is 0. The van der Waals surface area contributed by atoms with Gasteiger partial charge in [-0.15, -0.1) is 11.6 Å². The molecule has 1 aromatic heterocycles. The molecule has 4 heteroatoms. The number of hydrogen-bond acceptors (Lipinski definition) is 2. The largest absolute Gasteiger partial charge is 0.472 e. The molecule has 0 unspecified atom stereocenters. The average Bonchev–Trinajstić information content (AvgIpc) is 2.68. The van der Waals surface area contributed by atoms with Crippen LogP contribution in [0.15, 0.2) is 23.0 Å². The summed E-state index contributed by atoms with van der Waals surface area (Å²) in [5, 5.41) is 0. The fourth-order valence-electron chi connectivity index (χ4n) is 0.944. The smallest absolute Gasteiger partial charge is 0.257 e. The van der Waals surface area contributed by atoms with Crippen molar-refractivity contribution in [1.29, 1.82) is 0 Å². The Morgan fingerprint density at radius 2 is 2.29 bits per heavy atom. The van der Waals surface area contributed by atoms with E-state index in [1.165, 1.54) is 12.5 Å². The minimum Gasteiger partial charge on any atom is -0.472 e. The summed E-state index contributed by atoms with van der Waals surface area (Å²) < 4.78 is 4.85. The zero-order valence-corrected chi connectivity index (χ0v) is 9.34. The maximum atomic E-state index is 11.8. The lowest BCUT2D eigenvalue weighted by molar-refractivity contribution is 0.0659. The molecule has 0 aliphatic heterocycles. The second kappa shape index (κ2) is 4.05. The minimum absolute atomic E-state index is 0.0793. The van der Waals surface area contributed by atoms with Crippen LogP contribution in [0.2, 0.25) is 0 Å². The lowest BCUT2D eigenvalue weighted by atomic mass is 10.1. The number of carbonyl (C=O) groups excluding carboxylic acids is 1. The molecule has 1 heterocycles. The predicted octanol–water partition coefficient (Wildman–Crippen LogP) is 2.37. The SMILES string of the molecule is CN(C(=O)c1ccoc1)C(C)(C)CCl. The molecule has 0 aliphatic carbocycles. The third-order valence-corrected chi connectivity index (χ3v) is 2.96. The quantitative estimate of drug-likeness (QED) is 0.726. The molecule has 1 amide bonds. The lowest BCUT2D eigenvalue weighted by Crippen LogP contribution is -2.46. The number of halogens is 1. The highest BCUT2D eigenvalue weighted by atomic mass is 35.5. The topological polar surface area (TPSA) is 33.5 Å². The zero-order chi connectivity index (χ0) is 10.8. The van der Waals surface area contributed by atoms with Gasteiger partial charge in [0.25, 0.3) is 5.91 Å². The Morgan fingerprint density at radius 1 is 1.64 bits per heavy atom. The molecule has 0 aromatic carbocycles. The van der Waals surface area contributed by atoms with Crippen LogP contribution in [0.5, 0.6) is 0 Å². The van der Waals surface area contributed by atoms with E-state index in [9.17, 15) is 4.79 Å². The number of furan rings is 1. The van der Waals surface area contributed by atoms with Gasteiger partial charge in [0, 0.05) is 12.9 Å². The Hall–Kier alpha value is -0.960. The first-order valence-electron chi connectivity index (χ1n) is 4.35. The van der Waals surface area contributed by atoms with Crippen molar-refractivity contribution in [2.75, 3.05) is 12.9 Å². The highest BCUT2D eigenvalue weighted by Crippen LogP contribution is 2.17. The van der Waals surface area contributed by atoms with Crippen molar-refractivity contribution in [3.63, 3.8) is 0 Å². The highest BCUT2D eigenvalue weighted by Gasteiger charge is 2.27. The molecule has 78 valence electrons. The van der Waals surface area contributed by atoms with Gasteiger partial charge < -0.3 is 9.32 Å².